The predicted octanol–water partition coefficient (Wildman–Crippen LogP) is 13.7. The van der Waals surface area contributed by atoms with Crippen LogP contribution in [0.5, 0.6) is 0 Å². The third kappa shape index (κ3) is 4.26. The van der Waals surface area contributed by atoms with Crippen LogP contribution >= 0.6 is 0 Å². The number of furan rings is 1. The fourth-order valence-corrected chi connectivity index (χ4v) is 7.99. The molecule has 1 heteroatoms. The average Bonchev–Trinajstić information content (AvgIpc) is 3.56. The monoisotopic (exact) mass is 622 g/mol. The molecule has 9 aromatic carbocycles. The lowest BCUT2D eigenvalue weighted by atomic mass is 9.80. The fourth-order valence-electron chi connectivity index (χ4n) is 7.99. The summed E-state index contributed by atoms with van der Waals surface area (Å²) < 4.78 is 6.67. The molecule has 10 aromatic rings. The maximum absolute atomic E-state index is 6.67. The molecule has 0 amide bonds. The van der Waals surface area contributed by atoms with Gasteiger partial charge >= 0.3 is 0 Å². The molecule has 1 heterocycles. The van der Waals surface area contributed by atoms with Crippen molar-refractivity contribution in [3.05, 3.63) is 182 Å². The van der Waals surface area contributed by atoms with E-state index in [4.69, 9.17) is 4.42 Å². The van der Waals surface area contributed by atoms with Crippen molar-refractivity contribution in [2.75, 3.05) is 0 Å². The Morgan fingerprint density at radius 3 is 1.39 bits per heavy atom. The Morgan fingerprint density at radius 2 is 0.776 bits per heavy atom. The minimum Gasteiger partial charge on any atom is -0.455 e. The number of hydrogen-bond acceptors (Lipinski definition) is 1. The molecular formula is C48H30O. The van der Waals surface area contributed by atoms with Crippen LogP contribution in [0.2, 0.25) is 0 Å². The SMILES string of the molecule is c1ccc(-c2cccc(-c3ccccc3)c2-c2c3ccccc3c(-c3cccc4ccc5c6ccccc6oc5c34)c3ccccc23)cc1. The molecule has 0 fully saturated rings. The zero-order valence-electron chi connectivity index (χ0n) is 26.7. The van der Waals surface area contributed by atoms with Gasteiger partial charge in [-0.05, 0) is 83.6 Å². The molecule has 0 saturated heterocycles. The Balaban J connectivity index is 1.38. The van der Waals surface area contributed by atoms with Crippen LogP contribution in [0.3, 0.4) is 0 Å². The highest BCUT2D eigenvalue weighted by atomic mass is 16.3. The van der Waals surface area contributed by atoms with Gasteiger partial charge in [0.15, 0.2) is 0 Å². The van der Waals surface area contributed by atoms with Crippen molar-refractivity contribution in [3.8, 4) is 44.5 Å². The van der Waals surface area contributed by atoms with Crippen LogP contribution in [0.15, 0.2) is 186 Å². The van der Waals surface area contributed by atoms with Crippen molar-refractivity contribution in [2.24, 2.45) is 0 Å². The van der Waals surface area contributed by atoms with E-state index in [-0.39, 0.29) is 0 Å². The summed E-state index contributed by atoms with van der Waals surface area (Å²) in [6.07, 6.45) is 0. The maximum atomic E-state index is 6.67. The van der Waals surface area contributed by atoms with E-state index in [2.05, 4.69) is 176 Å². The van der Waals surface area contributed by atoms with Crippen molar-refractivity contribution in [1.82, 2.24) is 0 Å². The molecule has 0 atom stereocenters. The normalized spacial score (nSPS) is 11.7. The molecule has 228 valence electrons. The van der Waals surface area contributed by atoms with Gasteiger partial charge in [-0.2, -0.15) is 0 Å². The number of fused-ring (bicyclic) bond motifs is 7. The average molecular weight is 623 g/mol. The van der Waals surface area contributed by atoms with E-state index in [0.717, 1.165) is 27.3 Å². The molecule has 0 aliphatic rings. The first-order valence-electron chi connectivity index (χ1n) is 16.9. The van der Waals surface area contributed by atoms with Crippen molar-refractivity contribution in [1.29, 1.82) is 0 Å². The van der Waals surface area contributed by atoms with E-state index in [0.29, 0.717) is 0 Å². The van der Waals surface area contributed by atoms with Crippen LogP contribution in [0.25, 0.3) is 98.8 Å². The van der Waals surface area contributed by atoms with Crippen LogP contribution in [0.1, 0.15) is 0 Å². The van der Waals surface area contributed by atoms with E-state index in [9.17, 15) is 0 Å². The highest BCUT2D eigenvalue weighted by Crippen LogP contribution is 2.50. The van der Waals surface area contributed by atoms with Gasteiger partial charge in [0.2, 0.25) is 0 Å². The summed E-state index contributed by atoms with van der Waals surface area (Å²) in [5, 5.41) is 9.50. The summed E-state index contributed by atoms with van der Waals surface area (Å²) in [6.45, 7) is 0. The largest absolute Gasteiger partial charge is 0.455 e. The number of rotatable bonds is 4. The standard InChI is InChI=1S/C48H30O/c1-3-15-31(16-4-1)34-25-14-26-35(32-17-5-2-6-18-32)46(34)47-39-23-9-7-21-37(39)45(38-22-8-10-24-40(38)47)42-27-13-19-33-29-30-41-36-20-11-12-28-43(36)49-48(41)44(33)42/h1-30H. The molecule has 1 aromatic heterocycles. The van der Waals surface area contributed by atoms with Crippen LogP contribution in [-0.4, -0.2) is 0 Å². The molecule has 0 aliphatic heterocycles. The Morgan fingerprint density at radius 1 is 0.286 bits per heavy atom. The lowest BCUT2D eigenvalue weighted by Gasteiger charge is -2.22. The molecule has 0 N–H and O–H groups in total. The van der Waals surface area contributed by atoms with E-state index in [1.54, 1.807) is 0 Å². The molecular weight excluding hydrogens is 593 g/mol. The quantitative estimate of drug-likeness (QED) is 0.178. The first-order valence-corrected chi connectivity index (χ1v) is 16.9. The first kappa shape index (κ1) is 27.7. The van der Waals surface area contributed by atoms with Gasteiger partial charge in [0.25, 0.3) is 0 Å². The second kappa shape index (κ2) is 11.1. The molecule has 49 heavy (non-hydrogen) atoms. The van der Waals surface area contributed by atoms with Gasteiger partial charge in [0.05, 0.1) is 0 Å². The number of benzene rings is 9. The second-order valence-corrected chi connectivity index (χ2v) is 12.7. The van der Waals surface area contributed by atoms with Crippen molar-refractivity contribution in [3.63, 3.8) is 0 Å². The van der Waals surface area contributed by atoms with E-state index in [1.165, 1.54) is 71.4 Å². The lowest BCUT2D eigenvalue weighted by Crippen LogP contribution is -1.95. The summed E-state index contributed by atoms with van der Waals surface area (Å²) in [5.41, 5.74) is 11.6. The Bertz CT molecular complexity index is 2750. The lowest BCUT2D eigenvalue weighted by molar-refractivity contribution is 0.673. The van der Waals surface area contributed by atoms with Crippen LogP contribution in [-0.2, 0) is 0 Å². The Hall–Kier alpha value is -6.44. The highest BCUT2D eigenvalue weighted by molar-refractivity contribution is 6.28. The van der Waals surface area contributed by atoms with Gasteiger partial charge in [-0.3, -0.25) is 0 Å². The maximum Gasteiger partial charge on any atom is 0.143 e. The molecule has 0 saturated carbocycles. The predicted molar refractivity (Wildman–Crippen MR) is 208 cm³/mol. The Labute approximate surface area is 284 Å². The van der Waals surface area contributed by atoms with Gasteiger partial charge in [-0.1, -0.05) is 170 Å². The smallest absolute Gasteiger partial charge is 0.143 e. The van der Waals surface area contributed by atoms with Crippen molar-refractivity contribution in [2.45, 2.75) is 0 Å². The van der Waals surface area contributed by atoms with Crippen LogP contribution < -0.4 is 0 Å². The Kier molecular flexibility index (Phi) is 6.25. The van der Waals surface area contributed by atoms with Gasteiger partial charge in [0, 0.05) is 16.2 Å². The molecule has 10 rings (SSSR count). The van der Waals surface area contributed by atoms with Gasteiger partial charge in [0.1, 0.15) is 11.2 Å². The van der Waals surface area contributed by atoms with Gasteiger partial charge in [-0.25, -0.2) is 0 Å². The van der Waals surface area contributed by atoms with E-state index in [1.807, 2.05) is 6.07 Å². The first-order chi connectivity index (χ1) is 24.3. The summed E-state index contributed by atoms with van der Waals surface area (Å²) in [4.78, 5) is 0. The molecule has 0 radical (unpaired) electrons. The van der Waals surface area contributed by atoms with E-state index >= 15 is 0 Å². The highest BCUT2D eigenvalue weighted by Gasteiger charge is 2.23. The van der Waals surface area contributed by atoms with Crippen molar-refractivity contribution >= 4 is 54.3 Å². The van der Waals surface area contributed by atoms with Crippen LogP contribution in [0, 0.1) is 0 Å². The minimum atomic E-state index is 0.913. The zero-order valence-corrected chi connectivity index (χ0v) is 26.7. The summed E-state index contributed by atoms with van der Waals surface area (Å²) in [6, 6.07) is 65.7. The topological polar surface area (TPSA) is 13.1 Å². The second-order valence-electron chi connectivity index (χ2n) is 12.7. The van der Waals surface area contributed by atoms with Crippen LogP contribution in [0.4, 0.5) is 0 Å². The zero-order chi connectivity index (χ0) is 32.3. The molecule has 0 bridgehead atoms. The molecule has 0 spiro atoms. The van der Waals surface area contributed by atoms with Gasteiger partial charge in [-0.15, -0.1) is 0 Å². The summed E-state index contributed by atoms with van der Waals surface area (Å²) >= 11 is 0. The molecule has 1 nitrogen and oxygen atoms in total. The molecule has 0 unspecified atom stereocenters. The number of hydrogen-bond donors (Lipinski definition) is 0. The van der Waals surface area contributed by atoms with E-state index < -0.39 is 0 Å². The van der Waals surface area contributed by atoms with Crippen molar-refractivity contribution < 1.29 is 4.42 Å². The molecule has 0 aliphatic carbocycles. The summed E-state index contributed by atoms with van der Waals surface area (Å²) in [7, 11) is 0. The third-order valence-corrected chi connectivity index (χ3v) is 10.1. The van der Waals surface area contributed by atoms with Gasteiger partial charge < -0.3 is 4.42 Å². The fraction of sp³-hybridized carbons (Fsp3) is 0. The number of para-hydroxylation sites is 1. The minimum absolute atomic E-state index is 0.913. The summed E-state index contributed by atoms with van der Waals surface area (Å²) in [5.74, 6) is 0. The third-order valence-electron chi connectivity index (χ3n) is 10.1.